The van der Waals surface area contributed by atoms with E-state index in [0.717, 1.165) is 25.9 Å². The zero-order chi connectivity index (χ0) is 17.3. The summed E-state index contributed by atoms with van der Waals surface area (Å²) in [5.41, 5.74) is 2.43. The fourth-order valence-electron chi connectivity index (χ4n) is 3.91. The summed E-state index contributed by atoms with van der Waals surface area (Å²) >= 11 is 1.85. The topological polar surface area (TPSA) is 49.8 Å². The minimum Gasteiger partial charge on any atom is -0.396 e. The lowest BCUT2D eigenvalue weighted by molar-refractivity contribution is -0.140. The number of rotatable bonds is 3. The third-order valence-corrected chi connectivity index (χ3v) is 6.69. The largest absolute Gasteiger partial charge is 0.396 e. The Morgan fingerprint density at radius 1 is 1.24 bits per heavy atom. The molecule has 2 aliphatic rings. The van der Waals surface area contributed by atoms with Crippen LogP contribution in [0.1, 0.15) is 29.7 Å². The predicted octanol–water partition coefficient (Wildman–Crippen LogP) is 3.19. The average molecular weight is 357 g/mol. The molecule has 5 heteroatoms. The number of hydrogen-bond donors (Lipinski definition) is 1. The van der Waals surface area contributed by atoms with Gasteiger partial charge < -0.3 is 14.7 Å². The van der Waals surface area contributed by atoms with Gasteiger partial charge in [-0.1, -0.05) is 30.3 Å². The van der Waals surface area contributed by atoms with Gasteiger partial charge in [-0.05, 0) is 36.5 Å². The summed E-state index contributed by atoms with van der Waals surface area (Å²) in [5, 5.41) is 8.98. The van der Waals surface area contributed by atoms with Crippen LogP contribution in [0.4, 0.5) is 0 Å². The van der Waals surface area contributed by atoms with Gasteiger partial charge in [0.2, 0.25) is 5.91 Å². The molecule has 4 nitrogen and oxygen atoms in total. The van der Waals surface area contributed by atoms with Crippen LogP contribution in [0.15, 0.2) is 36.4 Å². The number of piperidine rings is 1. The molecule has 1 saturated heterocycles. The lowest BCUT2D eigenvalue weighted by atomic mass is 9.85. The molecule has 0 aliphatic carbocycles. The van der Waals surface area contributed by atoms with Gasteiger partial charge in [0.05, 0.1) is 13.2 Å². The number of aliphatic hydroxyl groups is 1. The maximum absolute atomic E-state index is 12.0. The van der Waals surface area contributed by atoms with Gasteiger partial charge in [-0.2, -0.15) is 0 Å². The number of carbonyl (C=O) groups is 1. The van der Waals surface area contributed by atoms with Crippen LogP contribution in [0.25, 0.3) is 10.4 Å². The molecular formula is C20H23NO3S. The quantitative estimate of drug-likeness (QED) is 0.918. The normalized spacial score (nSPS) is 19.0. The Balaban J connectivity index is 1.58. The summed E-state index contributed by atoms with van der Waals surface area (Å²) in [7, 11) is 0. The zero-order valence-electron chi connectivity index (χ0n) is 14.2. The number of nitrogens with zero attached hydrogens (tertiary/aromatic N) is 1. The van der Waals surface area contributed by atoms with Gasteiger partial charge >= 0.3 is 0 Å². The second-order valence-corrected chi connectivity index (χ2v) is 7.83. The van der Waals surface area contributed by atoms with Gasteiger partial charge in [-0.25, -0.2) is 0 Å². The van der Waals surface area contributed by atoms with Crippen molar-refractivity contribution in [3.63, 3.8) is 0 Å². The second kappa shape index (κ2) is 6.90. The Kier molecular flexibility index (Phi) is 4.63. The highest BCUT2D eigenvalue weighted by molar-refractivity contribution is 7.15. The molecule has 0 atom stereocenters. The van der Waals surface area contributed by atoms with Crippen LogP contribution < -0.4 is 0 Å². The second-order valence-electron chi connectivity index (χ2n) is 6.78. The molecule has 0 saturated carbocycles. The van der Waals surface area contributed by atoms with Gasteiger partial charge in [-0.15, -0.1) is 11.3 Å². The summed E-state index contributed by atoms with van der Waals surface area (Å²) in [6, 6.07) is 12.8. The van der Waals surface area contributed by atoms with Crippen LogP contribution in [0.2, 0.25) is 0 Å². The maximum Gasteiger partial charge on any atom is 0.224 e. The predicted molar refractivity (Wildman–Crippen MR) is 98.6 cm³/mol. The highest BCUT2D eigenvalue weighted by Gasteiger charge is 2.43. The summed E-state index contributed by atoms with van der Waals surface area (Å²) in [6.45, 7) is 2.09. The van der Waals surface area contributed by atoms with Gasteiger partial charge in [0.25, 0.3) is 0 Å². The number of ether oxygens (including phenoxy) is 1. The highest BCUT2D eigenvalue weighted by atomic mass is 32.1. The standard InChI is InChI=1S/C20H23NO3S/c22-12-6-18(23)21-10-8-20(9-11-21)19-16(7-13-24-20)14-17(25-19)15-4-2-1-3-5-15/h1-5,14,22H,6-13H2. The Bertz CT molecular complexity index is 748. The molecule has 0 unspecified atom stereocenters. The van der Waals surface area contributed by atoms with Gasteiger partial charge in [0.1, 0.15) is 5.60 Å². The molecule has 0 bridgehead atoms. The van der Waals surface area contributed by atoms with E-state index in [-0.39, 0.29) is 24.5 Å². The van der Waals surface area contributed by atoms with E-state index in [2.05, 4.69) is 30.3 Å². The fourth-order valence-corrected chi connectivity index (χ4v) is 5.33. The monoisotopic (exact) mass is 357 g/mol. The molecule has 1 N–H and O–H groups in total. The van der Waals surface area contributed by atoms with Crippen LogP contribution in [-0.4, -0.2) is 42.2 Å². The van der Waals surface area contributed by atoms with Crippen molar-refractivity contribution in [1.82, 2.24) is 4.90 Å². The minimum absolute atomic E-state index is 0.0459. The molecule has 3 heterocycles. The molecule has 132 valence electrons. The van der Waals surface area contributed by atoms with Crippen LogP contribution >= 0.6 is 11.3 Å². The smallest absolute Gasteiger partial charge is 0.224 e. The fraction of sp³-hybridized carbons (Fsp3) is 0.450. The Labute approximate surface area is 152 Å². The summed E-state index contributed by atoms with van der Waals surface area (Å²) in [5.74, 6) is 0.0459. The Hall–Kier alpha value is -1.69. The van der Waals surface area contributed by atoms with E-state index in [0.29, 0.717) is 13.1 Å². The van der Waals surface area contributed by atoms with Gasteiger partial charge in [0.15, 0.2) is 0 Å². The van der Waals surface area contributed by atoms with Crippen molar-refractivity contribution in [2.45, 2.75) is 31.3 Å². The summed E-state index contributed by atoms with van der Waals surface area (Å²) in [6.07, 6.45) is 2.86. The van der Waals surface area contributed by atoms with E-state index in [1.54, 1.807) is 0 Å². The molecule has 4 rings (SSSR count). The summed E-state index contributed by atoms with van der Waals surface area (Å²) in [4.78, 5) is 16.6. The highest BCUT2D eigenvalue weighted by Crippen LogP contribution is 2.47. The Morgan fingerprint density at radius 3 is 2.72 bits per heavy atom. The number of fused-ring (bicyclic) bond motifs is 2. The molecule has 1 amide bonds. The van der Waals surface area contributed by atoms with E-state index in [1.165, 1.54) is 20.9 Å². The molecule has 1 spiro atoms. The van der Waals surface area contributed by atoms with Crippen molar-refractivity contribution in [3.05, 3.63) is 46.8 Å². The third kappa shape index (κ3) is 3.12. The number of aliphatic hydroxyl groups excluding tert-OH is 1. The number of amides is 1. The van der Waals surface area contributed by atoms with E-state index in [4.69, 9.17) is 9.84 Å². The van der Waals surface area contributed by atoms with E-state index in [9.17, 15) is 4.79 Å². The van der Waals surface area contributed by atoms with Crippen LogP contribution in [0.5, 0.6) is 0 Å². The third-order valence-electron chi connectivity index (χ3n) is 5.28. The lowest BCUT2D eigenvalue weighted by Crippen LogP contribution is -2.48. The van der Waals surface area contributed by atoms with Crippen molar-refractivity contribution in [2.24, 2.45) is 0 Å². The van der Waals surface area contributed by atoms with Crippen molar-refractivity contribution in [2.75, 3.05) is 26.3 Å². The van der Waals surface area contributed by atoms with E-state index in [1.807, 2.05) is 22.3 Å². The first-order valence-electron chi connectivity index (χ1n) is 8.93. The molecule has 25 heavy (non-hydrogen) atoms. The van der Waals surface area contributed by atoms with Crippen molar-refractivity contribution < 1.29 is 14.6 Å². The number of hydrogen-bond acceptors (Lipinski definition) is 4. The number of benzene rings is 1. The van der Waals surface area contributed by atoms with Crippen LogP contribution in [-0.2, 0) is 21.6 Å². The van der Waals surface area contributed by atoms with E-state index >= 15 is 0 Å². The van der Waals surface area contributed by atoms with Gasteiger partial charge in [-0.3, -0.25) is 4.79 Å². The minimum atomic E-state index is -0.235. The van der Waals surface area contributed by atoms with Crippen molar-refractivity contribution >= 4 is 17.2 Å². The van der Waals surface area contributed by atoms with Crippen molar-refractivity contribution in [1.29, 1.82) is 0 Å². The molecule has 2 aromatic rings. The maximum atomic E-state index is 12.0. The number of carbonyl (C=O) groups excluding carboxylic acids is 1. The first kappa shape index (κ1) is 16.8. The molecule has 0 radical (unpaired) electrons. The molecule has 1 aromatic carbocycles. The average Bonchev–Trinajstić information content (AvgIpc) is 3.09. The Morgan fingerprint density at radius 2 is 2.00 bits per heavy atom. The van der Waals surface area contributed by atoms with Crippen molar-refractivity contribution in [3.8, 4) is 10.4 Å². The number of thiophene rings is 1. The van der Waals surface area contributed by atoms with E-state index < -0.39 is 0 Å². The summed E-state index contributed by atoms with van der Waals surface area (Å²) < 4.78 is 6.29. The van der Waals surface area contributed by atoms with Gasteiger partial charge in [0, 0.05) is 29.3 Å². The molecular weight excluding hydrogens is 334 g/mol. The first-order valence-corrected chi connectivity index (χ1v) is 9.75. The zero-order valence-corrected chi connectivity index (χ0v) is 15.1. The van der Waals surface area contributed by atoms with Crippen LogP contribution in [0, 0.1) is 0 Å². The molecule has 2 aliphatic heterocycles. The SMILES string of the molecule is O=C(CCO)N1CCC2(CC1)OCCc1cc(-c3ccccc3)sc12. The van der Waals surface area contributed by atoms with Crippen LogP contribution in [0.3, 0.4) is 0 Å². The first-order chi connectivity index (χ1) is 12.2. The molecule has 1 aromatic heterocycles. The lowest BCUT2D eigenvalue weighted by Gasteiger charge is -2.43. The molecule has 1 fully saturated rings. The number of likely N-dealkylation sites (tertiary alicyclic amines) is 1.